The summed E-state index contributed by atoms with van der Waals surface area (Å²) in [5, 5.41) is 7.73. The van der Waals surface area contributed by atoms with Gasteiger partial charge in [-0.2, -0.15) is 5.10 Å². The van der Waals surface area contributed by atoms with E-state index in [4.69, 9.17) is 0 Å². The van der Waals surface area contributed by atoms with Gasteiger partial charge in [0.2, 0.25) is 0 Å². The number of rotatable bonds is 7. The van der Waals surface area contributed by atoms with Crippen molar-refractivity contribution < 1.29 is 0 Å². The van der Waals surface area contributed by atoms with Crippen LogP contribution in [0.5, 0.6) is 0 Å². The molecule has 0 unspecified atom stereocenters. The van der Waals surface area contributed by atoms with Gasteiger partial charge in [-0.1, -0.05) is 26.0 Å². The van der Waals surface area contributed by atoms with Crippen molar-refractivity contribution in [1.29, 1.82) is 0 Å². The van der Waals surface area contributed by atoms with Gasteiger partial charge in [-0.25, -0.2) is 9.67 Å². The van der Waals surface area contributed by atoms with Crippen LogP contribution in [0, 0.1) is 5.92 Å². The van der Waals surface area contributed by atoms with E-state index < -0.39 is 0 Å². The third kappa shape index (κ3) is 7.11. The topological polar surface area (TPSA) is 42.7 Å². The molecule has 0 saturated heterocycles. The number of hydrogen-bond acceptors (Lipinski definition) is 3. The number of nitrogens with one attached hydrogen (secondary N) is 1. The average Bonchev–Trinajstić information content (AvgIpc) is 2.68. The zero-order chi connectivity index (χ0) is 14.3. The molecular formula is C15H28N4. The smallest absolute Gasteiger partial charge is 0.138 e. The Bertz CT molecular complexity index is 385. The number of nitrogens with zero attached hydrogens (tertiary/aromatic N) is 3. The van der Waals surface area contributed by atoms with Gasteiger partial charge in [0.1, 0.15) is 12.2 Å². The highest BCUT2D eigenvalue weighted by Crippen LogP contribution is 2.03. The molecule has 4 heteroatoms. The highest BCUT2D eigenvalue weighted by atomic mass is 15.3. The minimum absolute atomic E-state index is 0.200. The van der Waals surface area contributed by atoms with Crippen molar-refractivity contribution in [2.45, 2.75) is 59.5 Å². The minimum Gasteiger partial charge on any atom is -0.312 e. The SMILES string of the molecule is CC(C)Cn1ncnc1CC=CCCNC(C)(C)C. The van der Waals surface area contributed by atoms with Gasteiger partial charge in [-0.05, 0) is 39.7 Å². The highest BCUT2D eigenvalue weighted by Gasteiger charge is 2.06. The van der Waals surface area contributed by atoms with Crippen LogP contribution in [0.2, 0.25) is 0 Å². The van der Waals surface area contributed by atoms with Gasteiger partial charge in [-0.3, -0.25) is 0 Å². The second kappa shape index (κ2) is 7.43. The van der Waals surface area contributed by atoms with Gasteiger partial charge in [0, 0.05) is 18.5 Å². The molecule has 108 valence electrons. The second-order valence-corrected chi connectivity index (χ2v) is 6.39. The summed E-state index contributed by atoms with van der Waals surface area (Å²) >= 11 is 0. The summed E-state index contributed by atoms with van der Waals surface area (Å²) in [5.74, 6) is 1.65. The molecule has 0 radical (unpaired) electrons. The van der Waals surface area contributed by atoms with Crippen molar-refractivity contribution >= 4 is 0 Å². The summed E-state index contributed by atoms with van der Waals surface area (Å²) in [6.45, 7) is 12.9. The Kier molecular flexibility index (Phi) is 6.22. The first-order valence-corrected chi connectivity index (χ1v) is 7.15. The molecule has 1 aromatic heterocycles. The lowest BCUT2D eigenvalue weighted by Gasteiger charge is -2.19. The Balaban J connectivity index is 2.30. The van der Waals surface area contributed by atoms with E-state index in [-0.39, 0.29) is 5.54 Å². The molecule has 0 bridgehead atoms. The summed E-state index contributed by atoms with van der Waals surface area (Å²) in [5.41, 5.74) is 0.200. The fourth-order valence-electron chi connectivity index (χ4n) is 1.78. The van der Waals surface area contributed by atoms with Gasteiger partial charge in [-0.15, -0.1) is 0 Å². The fourth-order valence-corrected chi connectivity index (χ4v) is 1.78. The largest absolute Gasteiger partial charge is 0.312 e. The van der Waals surface area contributed by atoms with Crippen LogP contribution in [-0.4, -0.2) is 26.8 Å². The van der Waals surface area contributed by atoms with E-state index in [1.165, 1.54) is 0 Å². The third-order valence-corrected chi connectivity index (χ3v) is 2.67. The van der Waals surface area contributed by atoms with E-state index in [2.05, 4.69) is 62.2 Å². The van der Waals surface area contributed by atoms with Crippen LogP contribution in [0.4, 0.5) is 0 Å². The molecule has 0 amide bonds. The fraction of sp³-hybridized carbons (Fsp3) is 0.733. The Labute approximate surface area is 117 Å². The lowest BCUT2D eigenvalue weighted by molar-refractivity contribution is 0.431. The number of allylic oxidation sites excluding steroid dienone is 1. The third-order valence-electron chi connectivity index (χ3n) is 2.67. The maximum Gasteiger partial charge on any atom is 0.138 e. The Hall–Kier alpha value is -1.16. The molecule has 1 aromatic rings. The lowest BCUT2D eigenvalue weighted by Crippen LogP contribution is -2.36. The van der Waals surface area contributed by atoms with E-state index >= 15 is 0 Å². The summed E-state index contributed by atoms with van der Waals surface area (Å²) in [4.78, 5) is 4.31. The van der Waals surface area contributed by atoms with Gasteiger partial charge >= 0.3 is 0 Å². The zero-order valence-corrected chi connectivity index (χ0v) is 13.0. The van der Waals surface area contributed by atoms with Crippen molar-refractivity contribution in [3.8, 4) is 0 Å². The molecule has 0 aliphatic carbocycles. The van der Waals surface area contributed by atoms with Gasteiger partial charge in [0.15, 0.2) is 0 Å². The molecule has 1 N–H and O–H groups in total. The summed E-state index contributed by atoms with van der Waals surface area (Å²) < 4.78 is 2.00. The maximum atomic E-state index is 4.31. The molecule has 0 aliphatic rings. The van der Waals surface area contributed by atoms with Crippen LogP contribution >= 0.6 is 0 Å². The average molecular weight is 264 g/mol. The second-order valence-electron chi connectivity index (χ2n) is 6.39. The molecule has 1 heterocycles. The van der Waals surface area contributed by atoms with Crippen LogP contribution in [0.3, 0.4) is 0 Å². The molecule has 1 rings (SSSR count). The van der Waals surface area contributed by atoms with Crippen LogP contribution < -0.4 is 5.32 Å². The quantitative estimate of drug-likeness (QED) is 0.608. The minimum atomic E-state index is 0.200. The standard InChI is InChI=1S/C15H28N4/c1-13(2)11-19-14(16-12-18-19)9-7-6-8-10-17-15(3,4)5/h6-7,12-13,17H,8-11H2,1-5H3. The van der Waals surface area contributed by atoms with E-state index in [0.717, 1.165) is 31.8 Å². The van der Waals surface area contributed by atoms with E-state index in [0.29, 0.717) is 5.92 Å². The van der Waals surface area contributed by atoms with E-state index in [1.54, 1.807) is 6.33 Å². The van der Waals surface area contributed by atoms with Crippen molar-refractivity contribution in [2.75, 3.05) is 6.54 Å². The van der Waals surface area contributed by atoms with Crippen molar-refractivity contribution in [2.24, 2.45) is 5.92 Å². The van der Waals surface area contributed by atoms with E-state index in [9.17, 15) is 0 Å². The predicted octanol–water partition coefficient (Wildman–Crippen LogP) is 2.81. The highest BCUT2D eigenvalue weighted by molar-refractivity contribution is 4.96. The first-order valence-electron chi connectivity index (χ1n) is 7.15. The Morgan fingerprint density at radius 3 is 2.68 bits per heavy atom. The van der Waals surface area contributed by atoms with Gasteiger partial charge in [0.05, 0.1) is 0 Å². The molecule has 0 saturated carbocycles. The molecule has 19 heavy (non-hydrogen) atoms. The van der Waals surface area contributed by atoms with Crippen LogP contribution in [-0.2, 0) is 13.0 Å². The van der Waals surface area contributed by atoms with Crippen molar-refractivity contribution in [1.82, 2.24) is 20.1 Å². The Morgan fingerprint density at radius 2 is 2.05 bits per heavy atom. The van der Waals surface area contributed by atoms with Gasteiger partial charge < -0.3 is 5.32 Å². The molecule has 0 atom stereocenters. The van der Waals surface area contributed by atoms with E-state index in [1.807, 2.05) is 4.68 Å². The Morgan fingerprint density at radius 1 is 1.32 bits per heavy atom. The summed E-state index contributed by atoms with van der Waals surface area (Å²) in [7, 11) is 0. The monoisotopic (exact) mass is 264 g/mol. The maximum absolute atomic E-state index is 4.31. The van der Waals surface area contributed by atoms with Crippen LogP contribution in [0.1, 0.15) is 46.9 Å². The predicted molar refractivity (Wildman–Crippen MR) is 80.1 cm³/mol. The normalized spacial score (nSPS) is 12.7. The molecule has 0 fully saturated rings. The summed E-state index contributed by atoms with van der Waals surface area (Å²) in [6.07, 6.45) is 7.96. The van der Waals surface area contributed by atoms with Crippen molar-refractivity contribution in [3.63, 3.8) is 0 Å². The molecule has 0 spiro atoms. The molecular weight excluding hydrogens is 236 g/mol. The first kappa shape index (κ1) is 15.9. The van der Waals surface area contributed by atoms with Gasteiger partial charge in [0.25, 0.3) is 0 Å². The molecule has 4 nitrogen and oxygen atoms in total. The zero-order valence-electron chi connectivity index (χ0n) is 13.0. The molecule has 0 aliphatic heterocycles. The number of aromatic nitrogens is 3. The van der Waals surface area contributed by atoms with Crippen molar-refractivity contribution in [3.05, 3.63) is 24.3 Å². The first-order chi connectivity index (χ1) is 8.88. The lowest BCUT2D eigenvalue weighted by atomic mass is 10.1. The van der Waals surface area contributed by atoms with Crippen LogP contribution in [0.25, 0.3) is 0 Å². The van der Waals surface area contributed by atoms with Crippen LogP contribution in [0.15, 0.2) is 18.5 Å². The summed E-state index contributed by atoms with van der Waals surface area (Å²) in [6, 6.07) is 0. The molecule has 0 aromatic carbocycles. The number of hydrogen-bond donors (Lipinski definition) is 1.